The van der Waals surface area contributed by atoms with Crippen LogP contribution in [0.3, 0.4) is 0 Å². The number of methoxy groups -OCH3 is 1. The summed E-state index contributed by atoms with van der Waals surface area (Å²) < 4.78 is 8.22. The normalized spacial score (nSPS) is 15.1. The summed E-state index contributed by atoms with van der Waals surface area (Å²) >= 11 is 6.37. The Hall–Kier alpha value is -3.87. The molecule has 39 heavy (non-hydrogen) atoms. The number of amides is 1. The molecule has 1 saturated heterocycles. The molecule has 1 aliphatic heterocycles. The molecular weight excluding hydrogens is 540 g/mol. The fourth-order valence-corrected chi connectivity index (χ4v) is 5.31. The second-order valence-corrected chi connectivity index (χ2v) is 9.42. The van der Waals surface area contributed by atoms with Gasteiger partial charge in [-0.2, -0.15) is 18.6 Å². The number of nitrogens with one attached hydrogen (secondary N) is 2. The van der Waals surface area contributed by atoms with Gasteiger partial charge in [-0.25, -0.2) is 14.5 Å². The first-order chi connectivity index (χ1) is 18.6. The van der Waals surface area contributed by atoms with Gasteiger partial charge in [0, 0.05) is 32.6 Å². The number of halogens is 1. The molecule has 0 spiro atoms. The molecule has 202 valence electrons. The number of aromatic nitrogens is 6. The summed E-state index contributed by atoms with van der Waals surface area (Å²) in [6.07, 6.45) is 6.40. The molecule has 0 radical (unpaired) electrons. The van der Waals surface area contributed by atoms with Crippen LogP contribution in [0.1, 0.15) is 35.1 Å². The zero-order valence-electron chi connectivity index (χ0n) is 21.1. The molecule has 0 unspecified atom stereocenters. The number of aromatic amines is 1. The molecule has 2 N–H and O–H groups in total. The van der Waals surface area contributed by atoms with Crippen molar-refractivity contribution in [3.8, 4) is 5.69 Å². The number of fused-ring (bicyclic) bond motifs is 2. The number of hydrogen-bond acceptors (Lipinski definition) is 7. The molecule has 1 amide bonds. The van der Waals surface area contributed by atoms with Crippen LogP contribution >= 0.6 is 25.1 Å². The number of carbonyl (C=O) groups excluding carboxylic acids is 1. The van der Waals surface area contributed by atoms with E-state index in [4.69, 9.17) is 21.4 Å². The van der Waals surface area contributed by atoms with E-state index in [1.807, 2.05) is 30.3 Å². The van der Waals surface area contributed by atoms with Gasteiger partial charge in [-0.05, 0) is 31.0 Å². The van der Waals surface area contributed by atoms with Crippen molar-refractivity contribution >= 4 is 53.4 Å². The van der Waals surface area contributed by atoms with Gasteiger partial charge in [0.1, 0.15) is 23.3 Å². The molecule has 6 rings (SSSR count). The van der Waals surface area contributed by atoms with Crippen LogP contribution < -0.4 is 15.8 Å². The minimum Gasteiger partial charge on any atom is -0.383 e. The van der Waals surface area contributed by atoms with E-state index in [1.165, 1.54) is 10.8 Å². The van der Waals surface area contributed by atoms with Gasteiger partial charge in [0.25, 0.3) is 11.5 Å². The number of rotatable bonds is 7. The van der Waals surface area contributed by atoms with Crippen LogP contribution in [0, 0.1) is 0 Å². The molecule has 1 fully saturated rings. The Kier molecular flexibility index (Phi) is 7.60. The highest BCUT2D eigenvalue weighted by Crippen LogP contribution is 2.38. The van der Waals surface area contributed by atoms with Gasteiger partial charge in [0.2, 0.25) is 0 Å². The maximum atomic E-state index is 13.8. The Labute approximate surface area is 235 Å². The molecule has 1 atom stereocenters. The zero-order chi connectivity index (χ0) is 26.2. The van der Waals surface area contributed by atoms with Gasteiger partial charge in [-0.1, -0.05) is 29.8 Å². The van der Waals surface area contributed by atoms with E-state index in [0.717, 1.165) is 12.8 Å². The van der Waals surface area contributed by atoms with Crippen LogP contribution in [0.5, 0.6) is 0 Å². The Bertz CT molecular complexity index is 1700. The Morgan fingerprint density at radius 1 is 1.23 bits per heavy atom. The van der Waals surface area contributed by atoms with E-state index in [0.29, 0.717) is 64.2 Å². The number of hydrogen-bond donors (Lipinski definition) is 2. The van der Waals surface area contributed by atoms with Crippen molar-refractivity contribution in [2.24, 2.45) is 0 Å². The summed E-state index contributed by atoms with van der Waals surface area (Å²) in [7, 11) is 1.58. The number of anilines is 1. The molecular formula is C26H27ClN8O3S. The van der Waals surface area contributed by atoms with Crippen molar-refractivity contribution in [2.45, 2.75) is 18.9 Å². The highest BCUT2D eigenvalue weighted by Gasteiger charge is 2.34. The van der Waals surface area contributed by atoms with Crippen LogP contribution in [-0.2, 0) is 4.74 Å². The Morgan fingerprint density at radius 2 is 2.05 bits per heavy atom. The minimum atomic E-state index is -0.286. The second kappa shape index (κ2) is 11.1. The summed E-state index contributed by atoms with van der Waals surface area (Å²) in [6.45, 7) is 1.45. The highest BCUT2D eigenvalue weighted by atomic mass is 35.5. The fraction of sp³-hybridized carbons (Fsp3) is 0.269. The summed E-state index contributed by atoms with van der Waals surface area (Å²) in [5.74, 6) is 0.921. The van der Waals surface area contributed by atoms with Gasteiger partial charge in [0.15, 0.2) is 5.82 Å². The van der Waals surface area contributed by atoms with Crippen LogP contribution in [-0.4, -0.2) is 61.8 Å². The summed E-state index contributed by atoms with van der Waals surface area (Å²) in [5.41, 5.74) is 1.75. The first-order valence-electron chi connectivity index (χ1n) is 12.3. The number of H-pyrrole nitrogens is 1. The lowest BCUT2D eigenvalue weighted by molar-refractivity contribution is 0.0938. The van der Waals surface area contributed by atoms with Crippen molar-refractivity contribution in [3.05, 3.63) is 81.9 Å². The number of nitrogens with zero attached hydrogens (tertiary/aromatic N) is 6. The van der Waals surface area contributed by atoms with Gasteiger partial charge in [-0.15, -0.1) is 0 Å². The first kappa shape index (κ1) is 26.7. The largest absolute Gasteiger partial charge is 0.383 e. The van der Waals surface area contributed by atoms with Gasteiger partial charge < -0.3 is 19.9 Å². The number of para-hydroxylation sites is 1. The van der Waals surface area contributed by atoms with Crippen LogP contribution in [0.4, 0.5) is 5.82 Å². The van der Waals surface area contributed by atoms with Gasteiger partial charge in [0.05, 0.1) is 34.3 Å². The molecule has 11 nitrogen and oxygen atoms in total. The second-order valence-electron chi connectivity index (χ2n) is 9.01. The van der Waals surface area contributed by atoms with E-state index in [9.17, 15) is 9.59 Å². The smallest absolute Gasteiger partial charge is 0.284 e. The number of carbonyl (C=O) groups is 1. The van der Waals surface area contributed by atoms with Crippen molar-refractivity contribution in [2.75, 3.05) is 31.7 Å². The molecule has 1 aliphatic rings. The fourth-order valence-electron chi connectivity index (χ4n) is 5.08. The summed E-state index contributed by atoms with van der Waals surface area (Å²) in [5, 5.41) is 8.71. The Morgan fingerprint density at radius 3 is 2.85 bits per heavy atom. The molecule has 0 saturated carbocycles. The lowest BCUT2D eigenvalue weighted by atomic mass is 10.1. The van der Waals surface area contributed by atoms with E-state index in [2.05, 4.69) is 25.2 Å². The average molecular weight is 567 g/mol. The van der Waals surface area contributed by atoms with Gasteiger partial charge in [-0.3, -0.25) is 14.2 Å². The third kappa shape index (κ3) is 4.64. The van der Waals surface area contributed by atoms with Gasteiger partial charge >= 0.3 is 0 Å². The molecule has 5 heterocycles. The minimum absolute atomic E-state index is 0. The number of ether oxygens (including phenoxy) is 1. The Balaban J connectivity index is 0.00000308. The van der Waals surface area contributed by atoms with Crippen molar-refractivity contribution in [3.63, 3.8) is 0 Å². The van der Waals surface area contributed by atoms with E-state index in [-0.39, 0.29) is 31.0 Å². The third-order valence-corrected chi connectivity index (χ3v) is 7.09. The van der Waals surface area contributed by atoms with Crippen molar-refractivity contribution in [1.29, 1.82) is 0 Å². The van der Waals surface area contributed by atoms with E-state index < -0.39 is 0 Å². The summed E-state index contributed by atoms with van der Waals surface area (Å²) in [6, 6.07) is 10.8. The van der Waals surface area contributed by atoms with E-state index in [1.54, 1.807) is 30.1 Å². The molecule has 1 aromatic carbocycles. The molecule has 4 aromatic heterocycles. The molecule has 5 aromatic rings. The average Bonchev–Trinajstić information content (AvgIpc) is 3.67. The molecule has 0 bridgehead atoms. The summed E-state index contributed by atoms with van der Waals surface area (Å²) in [4.78, 5) is 40.9. The topological polar surface area (TPSA) is 122 Å². The highest BCUT2D eigenvalue weighted by molar-refractivity contribution is 7.59. The van der Waals surface area contributed by atoms with Crippen molar-refractivity contribution < 1.29 is 9.53 Å². The monoisotopic (exact) mass is 566 g/mol. The van der Waals surface area contributed by atoms with Crippen LogP contribution in [0.2, 0.25) is 5.02 Å². The van der Waals surface area contributed by atoms with Crippen molar-refractivity contribution in [1.82, 2.24) is 34.4 Å². The lowest BCUT2D eigenvalue weighted by Gasteiger charge is -2.28. The SMILES string of the molecule is COCCNC(=O)c1c[nH]c2ncnc(N3CCC[C@H]3c3nn4ccc(Cl)c4c(=O)n3-c3ccccc3)c12.S. The first-order valence-corrected chi connectivity index (χ1v) is 12.7. The zero-order valence-corrected chi connectivity index (χ0v) is 22.9. The number of benzene rings is 1. The quantitative estimate of drug-likeness (QED) is 0.290. The standard InChI is InChI=1S/C26H25ClN8O3.H2S/c1-38-13-10-28-25(36)17-14-29-22-20(17)24(31-15-30-22)33-11-5-8-19(33)23-32-34-12-9-18(27)21(34)26(37)35(23)16-6-3-2-4-7-16;/h2-4,6-7,9,12,14-15,19H,5,8,10-11,13H2,1H3,(H,28,36)(H,29,30,31);1H2/t19-;/m0./s1. The molecule has 13 heteroatoms. The van der Waals surface area contributed by atoms with Crippen LogP contribution in [0.25, 0.3) is 22.2 Å². The predicted octanol–water partition coefficient (Wildman–Crippen LogP) is 3.24. The third-order valence-electron chi connectivity index (χ3n) is 6.79. The lowest BCUT2D eigenvalue weighted by Crippen LogP contribution is -2.33. The molecule has 0 aliphatic carbocycles. The van der Waals surface area contributed by atoms with E-state index >= 15 is 0 Å². The predicted molar refractivity (Wildman–Crippen MR) is 154 cm³/mol. The maximum Gasteiger partial charge on any atom is 0.284 e. The van der Waals surface area contributed by atoms with Crippen LogP contribution in [0.15, 0.2) is 59.9 Å². The maximum absolute atomic E-state index is 13.8.